The van der Waals surface area contributed by atoms with Gasteiger partial charge in [0.1, 0.15) is 11.3 Å². The molecule has 1 aliphatic carbocycles. The van der Waals surface area contributed by atoms with Crippen molar-refractivity contribution in [3.05, 3.63) is 38.3 Å². The lowest BCUT2D eigenvalue weighted by molar-refractivity contribution is 0.133. The number of fused-ring (bicyclic) bond motifs is 1. The molecule has 0 radical (unpaired) electrons. The number of ether oxygens (including phenoxy) is 1. The molecule has 0 bridgehead atoms. The fourth-order valence-corrected chi connectivity index (χ4v) is 4.88. The second-order valence-electron chi connectivity index (χ2n) is 8.83. The van der Waals surface area contributed by atoms with Gasteiger partial charge in [0.15, 0.2) is 5.75 Å². The topological polar surface area (TPSA) is 118 Å². The Morgan fingerprint density at radius 2 is 2.12 bits per heavy atom. The van der Waals surface area contributed by atoms with Gasteiger partial charge in [0, 0.05) is 23.7 Å². The Labute approximate surface area is 185 Å². The quantitative estimate of drug-likeness (QED) is 0.617. The Bertz CT molecular complexity index is 1190. The highest BCUT2D eigenvalue weighted by atomic mass is 19.1. The average molecular weight is 445 g/mol. The van der Waals surface area contributed by atoms with E-state index in [4.69, 9.17) is 10.6 Å². The summed E-state index contributed by atoms with van der Waals surface area (Å²) in [6, 6.07) is 2.72. The molecule has 2 fully saturated rings. The number of nitrogens with two attached hydrogens (primary N) is 1. The van der Waals surface area contributed by atoms with Gasteiger partial charge >= 0.3 is 5.69 Å². The smallest absolute Gasteiger partial charge is 0.350 e. The van der Waals surface area contributed by atoms with Crippen molar-refractivity contribution in [1.82, 2.24) is 19.5 Å². The van der Waals surface area contributed by atoms with E-state index in [0.717, 1.165) is 25.8 Å². The molecule has 1 saturated carbocycles. The summed E-state index contributed by atoms with van der Waals surface area (Å²) in [6.07, 6.45) is 2.67. The molecule has 1 aromatic carbocycles. The highest BCUT2D eigenvalue weighted by molar-refractivity contribution is 5.86. The molecule has 3 atom stereocenters. The first-order valence-electron chi connectivity index (χ1n) is 10.9. The third kappa shape index (κ3) is 3.55. The molecule has 2 heterocycles. The molecule has 2 aromatic rings. The van der Waals surface area contributed by atoms with Crippen LogP contribution in [0, 0.1) is 23.1 Å². The van der Waals surface area contributed by atoms with Crippen LogP contribution in [-0.2, 0) is 0 Å². The molecule has 0 amide bonds. The van der Waals surface area contributed by atoms with Crippen molar-refractivity contribution in [3.8, 4) is 11.8 Å². The molecule has 1 aromatic heterocycles. The fourth-order valence-electron chi connectivity index (χ4n) is 4.88. The molecular weight excluding hydrogens is 415 g/mol. The number of rotatable bonds is 7. The van der Waals surface area contributed by atoms with Crippen LogP contribution in [0.1, 0.15) is 50.3 Å². The molecular formula is C22H29FN6O3. The second kappa shape index (κ2) is 8.56. The Balaban J connectivity index is 2.04. The van der Waals surface area contributed by atoms with Gasteiger partial charge in [0.25, 0.3) is 5.56 Å². The molecule has 4 rings (SSSR count). The molecule has 2 aliphatic rings. The van der Waals surface area contributed by atoms with Crippen LogP contribution in [-0.4, -0.2) is 47.4 Å². The van der Waals surface area contributed by atoms with Crippen LogP contribution in [0.3, 0.4) is 0 Å². The maximum absolute atomic E-state index is 15.8. The summed E-state index contributed by atoms with van der Waals surface area (Å²) < 4.78 is 23.5. The Morgan fingerprint density at radius 1 is 1.41 bits per heavy atom. The molecule has 3 unspecified atom stereocenters. The van der Waals surface area contributed by atoms with E-state index in [1.807, 2.05) is 18.9 Å². The number of halogens is 1. The molecule has 10 heteroatoms. The van der Waals surface area contributed by atoms with Gasteiger partial charge in [-0.2, -0.15) is 9.94 Å². The lowest BCUT2D eigenvalue weighted by Crippen LogP contribution is -2.45. The van der Waals surface area contributed by atoms with Crippen LogP contribution in [0.5, 0.6) is 5.75 Å². The van der Waals surface area contributed by atoms with E-state index in [0.29, 0.717) is 22.3 Å². The minimum atomic E-state index is -0.754. The average Bonchev–Trinajstić information content (AvgIpc) is 3.47. The number of nitrogens with zero attached hydrogens (tertiary/aromatic N) is 4. The number of nitrogen functional groups attached to an aromatic ring is 1. The Kier molecular flexibility index (Phi) is 5.97. The van der Waals surface area contributed by atoms with Crippen LogP contribution in [0.2, 0.25) is 0 Å². The molecule has 1 saturated heterocycles. The summed E-state index contributed by atoms with van der Waals surface area (Å²) in [4.78, 5) is 27.7. The highest BCUT2D eigenvalue weighted by Crippen LogP contribution is 2.44. The number of nitrogens with one attached hydrogen (secondary N) is 1. The zero-order chi connectivity index (χ0) is 23.2. The van der Waals surface area contributed by atoms with Crippen molar-refractivity contribution in [2.75, 3.05) is 33.1 Å². The van der Waals surface area contributed by atoms with Gasteiger partial charge in [-0.3, -0.25) is 14.3 Å². The summed E-state index contributed by atoms with van der Waals surface area (Å²) in [6.45, 7) is 3.43. The third-order valence-electron chi connectivity index (χ3n) is 6.82. The SMILES string of the molecule is COc1c(C(C2CCNC2)N(C)C(C)CC#N)c(F)cc2c(=O)n(N)c(=O)n(C3CC3)c12. The van der Waals surface area contributed by atoms with Crippen molar-refractivity contribution in [2.45, 2.75) is 50.7 Å². The van der Waals surface area contributed by atoms with E-state index in [2.05, 4.69) is 11.4 Å². The summed E-state index contributed by atoms with van der Waals surface area (Å²) in [5.41, 5.74) is -0.786. The maximum Gasteiger partial charge on any atom is 0.350 e. The number of nitriles is 1. The van der Waals surface area contributed by atoms with Crippen molar-refractivity contribution in [2.24, 2.45) is 5.92 Å². The molecule has 1 aliphatic heterocycles. The molecule has 3 N–H and O–H groups in total. The van der Waals surface area contributed by atoms with Crippen LogP contribution in [0.25, 0.3) is 10.9 Å². The van der Waals surface area contributed by atoms with Crippen molar-refractivity contribution < 1.29 is 9.13 Å². The highest BCUT2D eigenvalue weighted by Gasteiger charge is 2.38. The standard InChI is InChI=1S/C22H29FN6O3/c1-12(6-8-24)27(2)18(13-7-9-26-11-13)17-16(23)10-15-19(20(17)32-3)28(14-4-5-14)22(31)29(25)21(15)30/h10,12-14,18,26H,4-7,9,11,25H2,1-3H3. The van der Waals surface area contributed by atoms with Gasteiger partial charge in [-0.1, -0.05) is 0 Å². The summed E-state index contributed by atoms with van der Waals surface area (Å²) in [5.74, 6) is 5.41. The number of hydrogen-bond acceptors (Lipinski definition) is 7. The van der Waals surface area contributed by atoms with Crippen LogP contribution in [0.4, 0.5) is 4.39 Å². The van der Waals surface area contributed by atoms with Gasteiger partial charge < -0.3 is 15.9 Å². The number of benzene rings is 1. The van der Waals surface area contributed by atoms with E-state index in [1.54, 1.807) is 0 Å². The third-order valence-corrected chi connectivity index (χ3v) is 6.82. The van der Waals surface area contributed by atoms with Gasteiger partial charge in [0.05, 0.1) is 25.0 Å². The maximum atomic E-state index is 15.8. The first-order chi connectivity index (χ1) is 15.3. The largest absolute Gasteiger partial charge is 0.494 e. The Hall–Kier alpha value is -2.90. The zero-order valence-corrected chi connectivity index (χ0v) is 18.6. The predicted molar refractivity (Wildman–Crippen MR) is 119 cm³/mol. The number of methoxy groups -OCH3 is 1. The van der Waals surface area contributed by atoms with E-state index in [-0.39, 0.29) is 35.6 Å². The second-order valence-corrected chi connectivity index (χ2v) is 8.83. The van der Waals surface area contributed by atoms with Crippen LogP contribution in [0.15, 0.2) is 15.7 Å². The number of aromatic nitrogens is 2. The fraction of sp³-hybridized carbons (Fsp3) is 0.591. The summed E-state index contributed by atoms with van der Waals surface area (Å²) in [7, 11) is 3.30. The minimum Gasteiger partial charge on any atom is -0.494 e. The van der Waals surface area contributed by atoms with Gasteiger partial charge in [0.2, 0.25) is 0 Å². The van der Waals surface area contributed by atoms with E-state index < -0.39 is 23.1 Å². The van der Waals surface area contributed by atoms with E-state index in [1.165, 1.54) is 17.7 Å². The summed E-state index contributed by atoms with van der Waals surface area (Å²) in [5, 5.41) is 12.6. The Morgan fingerprint density at radius 3 is 2.69 bits per heavy atom. The first-order valence-corrected chi connectivity index (χ1v) is 10.9. The van der Waals surface area contributed by atoms with E-state index in [9.17, 15) is 14.9 Å². The minimum absolute atomic E-state index is 0.0214. The number of hydrogen-bond donors (Lipinski definition) is 2. The summed E-state index contributed by atoms with van der Waals surface area (Å²) >= 11 is 0. The molecule has 9 nitrogen and oxygen atoms in total. The molecule has 0 spiro atoms. The van der Waals surface area contributed by atoms with Crippen molar-refractivity contribution in [1.29, 1.82) is 5.26 Å². The van der Waals surface area contributed by atoms with Gasteiger partial charge in [-0.25, -0.2) is 9.18 Å². The lowest BCUT2D eigenvalue weighted by atomic mass is 9.88. The van der Waals surface area contributed by atoms with Crippen molar-refractivity contribution in [3.63, 3.8) is 0 Å². The lowest BCUT2D eigenvalue weighted by Gasteiger charge is -2.37. The zero-order valence-electron chi connectivity index (χ0n) is 18.6. The van der Waals surface area contributed by atoms with E-state index >= 15 is 4.39 Å². The molecule has 32 heavy (non-hydrogen) atoms. The normalized spacial score (nSPS) is 20.4. The van der Waals surface area contributed by atoms with Crippen LogP contribution < -0.4 is 27.1 Å². The van der Waals surface area contributed by atoms with Gasteiger partial charge in [-0.15, -0.1) is 0 Å². The monoisotopic (exact) mass is 444 g/mol. The predicted octanol–water partition coefficient (Wildman–Crippen LogP) is 1.24. The van der Waals surface area contributed by atoms with Crippen molar-refractivity contribution >= 4 is 10.9 Å². The van der Waals surface area contributed by atoms with Gasteiger partial charge in [-0.05, 0) is 58.3 Å². The molecule has 172 valence electrons. The first kappa shape index (κ1) is 22.3. The van der Waals surface area contributed by atoms with Crippen LogP contribution >= 0.6 is 0 Å².